The maximum Gasteiger partial charge on any atom is 0.258 e. The molecule has 8 heteroatoms. The number of nitrogens with zero attached hydrogens (tertiary/aromatic N) is 4. The molecule has 0 amide bonds. The van der Waals surface area contributed by atoms with Gasteiger partial charge < -0.3 is 14.6 Å². The van der Waals surface area contributed by atoms with Crippen molar-refractivity contribution in [2.24, 2.45) is 0 Å². The summed E-state index contributed by atoms with van der Waals surface area (Å²) in [6, 6.07) is 7.93. The molecular weight excluding hydrogens is 392 g/mol. The lowest BCUT2D eigenvalue weighted by Crippen LogP contribution is -3.12. The average molecular weight is 424 g/mol. The summed E-state index contributed by atoms with van der Waals surface area (Å²) in [6.45, 7) is 2.05. The average Bonchev–Trinajstić information content (AvgIpc) is 3.41. The number of fused-ring (bicyclic) bond motifs is 1. The minimum absolute atomic E-state index is 0.0552. The molecular formula is C23H31N6O2+. The number of benzene rings is 1. The van der Waals surface area contributed by atoms with Crippen LogP contribution in [0.2, 0.25) is 0 Å². The molecule has 0 unspecified atom stereocenters. The van der Waals surface area contributed by atoms with E-state index in [-0.39, 0.29) is 11.6 Å². The van der Waals surface area contributed by atoms with Crippen LogP contribution in [0.25, 0.3) is 10.9 Å². The first-order chi connectivity index (χ1) is 15.2. The van der Waals surface area contributed by atoms with Gasteiger partial charge in [-0.3, -0.25) is 4.79 Å². The van der Waals surface area contributed by atoms with Gasteiger partial charge in [-0.15, -0.1) is 5.10 Å². The van der Waals surface area contributed by atoms with Crippen LogP contribution in [0.1, 0.15) is 74.8 Å². The Morgan fingerprint density at radius 2 is 1.87 bits per heavy atom. The zero-order chi connectivity index (χ0) is 21.2. The number of methoxy groups -OCH3 is 1. The highest BCUT2D eigenvalue weighted by Crippen LogP contribution is 2.31. The van der Waals surface area contributed by atoms with Gasteiger partial charge in [0.05, 0.1) is 31.8 Å². The number of ether oxygens (including phenoxy) is 1. The van der Waals surface area contributed by atoms with E-state index in [1.807, 2.05) is 28.9 Å². The number of hydrogen-bond acceptors (Lipinski definition) is 5. The Labute approximate surface area is 181 Å². The number of H-pyrrole nitrogens is 1. The van der Waals surface area contributed by atoms with E-state index in [2.05, 4.69) is 20.5 Å². The Balaban J connectivity index is 1.65. The van der Waals surface area contributed by atoms with Gasteiger partial charge >= 0.3 is 0 Å². The molecule has 164 valence electrons. The molecule has 3 heterocycles. The maximum atomic E-state index is 13.3. The Bertz CT molecular complexity index is 1090. The van der Waals surface area contributed by atoms with E-state index in [1.54, 1.807) is 7.11 Å². The fraction of sp³-hybridized carbons (Fsp3) is 0.565. The van der Waals surface area contributed by atoms with Crippen molar-refractivity contribution in [1.82, 2.24) is 25.2 Å². The maximum absolute atomic E-state index is 13.3. The zero-order valence-electron chi connectivity index (χ0n) is 18.1. The number of tetrazole rings is 1. The number of nitrogens with one attached hydrogen (secondary N) is 2. The van der Waals surface area contributed by atoms with Gasteiger partial charge in [-0.05, 0) is 73.2 Å². The molecule has 3 aromatic rings. The zero-order valence-corrected chi connectivity index (χ0v) is 18.1. The molecule has 1 aromatic carbocycles. The minimum Gasteiger partial charge on any atom is -0.497 e. The van der Waals surface area contributed by atoms with Crippen molar-refractivity contribution in [2.75, 3.05) is 20.2 Å². The third-order valence-corrected chi connectivity index (χ3v) is 6.99. The largest absolute Gasteiger partial charge is 0.497 e. The number of hydrogen-bond donors (Lipinski definition) is 2. The molecule has 1 aliphatic heterocycles. The van der Waals surface area contributed by atoms with Gasteiger partial charge in [0.2, 0.25) is 5.82 Å². The number of aromatic nitrogens is 5. The quantitative estimate of drug-likeness (QED) is 0.657. The van der Waals surface area contributed by atoms with Gasteiger partial charge in [0.15, 0.2) is 6.04 Å². The van der Waals surface area contributed by atoms with Crippen molar-refractivity contribution >= 4 is 10.9 Å². The molecule has 0 radical (unpaired) electrons. The molecule has 2 aromatic heterocycles. The normalized spacial score (nSPS) is 19.5. The molecule has 8 nitrogen and oxygen atoms in total. The lowest BCUT2D eigenvalue weighted by Gasteiger charge is -2.27. The summed E-state index contributed by atoms with van der Waals surface area (Å²) < 4.78 is 7.43. The van der Waals surface area contributed by atoms with Crippen LogP contribution in [0, 0.1) is 0 Å². The van der Waals surface area contributed by atoms with E-state index in [4.69, 9.17) is 4.74 Å². The van der Waals surface area contributed by atoms with E-state index in [0.717, 1.165) is 66.8 Å². The SMILES string of the molecule is COc1ccc2[nH]c(=O)c([C@@H](c3nnnn3C3CCCC3)[NH+]3CCCCCC3)cc2c1. The minimum atomic E-state index is -0.173. The predicted octanol–water partition coefficient (Wildman–Crippen LogP) is 2.19. The summed E-state index contributed by atoms with van der Waals surface area (Å²) in [7, 11) is 1.66. The van der Waals surface area contributed by atoms with Crippen LogP contribution < -0.4 is 15.2 Å². The number of rotatable bonds is 5. The highest BCUT2D eigenvalue weighted by atomic mass is 16.5. The van der Waals surface area contributed by atoms with E-state index >= 15 is 0 Å². The lowest BCUT2D eigenvalue weighted by atomic mass is 10.0. The van der Waals surface area contributed by atoms with Crippen molar-refractivity contribution in [2.45, 2.75) is 63.5 Å². The van der Waals surface area contributed by atoms with Gasteiger partial charge in [-0.1, -0.05) is 12.8 Å². The molecule has 2 aliphatic rings. The van der Waals surface area contributed by atoms with Crippen molar-refractivity contribution in [3.63, 3.8) is 0 Å². The van der Waals surface area contributed by atoms with Crippen LogP contribution in [0.4, 0.5) is 0 Å². The number of likely N-dealkylation sites (tertiary alicyclic amines) is 1. The smallest absolute Gasteiger partial charge is 0.258 e. The highest BCUT2D eigenvalue weighted by molar-refractivity contribution is 5.80. The van der Waals surface area contributed by atoms with Crippen molar-refractivity contribution < 1.29 is 9.64 Å². The second-order valence-corrected chi connectivity index (χ2v) is 8.93. The molecule has 1 aliphatic carbocycles. The van der Waals surface area contributed by atoms with Crippen LogP contribution in [0.3, 0.4) is 0 Å². The van der Waals surface area contributed by atoms with Gasteiger partial charge in [0, 0.05) is 10.9 Å². The molecule has 0 bridgehead atoms. The second-order valence-electron chi connectivity index (χ2n) is 8.93. The summed E-state index contributed by atoms with van der Waals surface area (Å²) in [5, 5.41) is 13.9. The van der Waals surface area contributed by atoms with Crippen LogP contribution in [-0.4, -0.2) is 45.4 Å². The Hall–Kier alpha value is -2.74. The molecule has 0 spiro atoms. The van der Waals surface area contributed by atoms with Gasteiger partial charge in [-0.2, -0.15) is 0 Å². The van der Waals surface area contributed by atoms with Crippen LogP contribution in [-0.2, 0) is 0 Å². The standard InChI is InChI=1S/C23H30N6O2/c1-31-18-10-11-20-16(14-18)15-19(23(30)24-20)21(28-12-6-2-3-7-13-28)22-25-26-27-29(22)17-8-4-5-9-17/h10-11,14-15,17,21H,2-9,12-13H2,1H3,(H,24,30)/p+1/t21-/m0/s1. The Morgan fingerprint density at radius 3 is 2.61 bits per heavy atom. The lowest BCUT2D eigenvalue weighted by molar-refractivity contribution is -0.925. The van der Waals surface area contributed by atoms with Crippen LogP contribution in [0.5, 0.6) is 5.75 Å². The van der Waals surface area contributed by atoms with Crippen LogP contribution in [0.15, 0.2) is 29.1 Å². The fourth-order valence-corrected chi connectivity index (χ4v) is 5.36. The van der Waals surface area contributed by atoms with Crippen molar-refractivity contribution in [1.29, 1.82) is 0 Å². The summed E-state index contributed by atoms with van der Waals surface area (Å²) in [6.07, 6.45) is 9.44. The molecule has 5 rings (SSSR count). The van der Waals surface area contributed by atoms with Gasteiger partial charge in [-0.25, -0.2) is 4.68 Å². The molecule has 1 saturated carbocycles. The predicted molar refractivity (Wildman–Crippen MR) is 117 cm³/mol. The second kappa shape index (κ2) is 8.78. The summed E-state index contributed by atoms with van der Waals surface area (Å²) in [4.78, 5) is 17.8. The molecule has 2 N–H and O–H groups in total. The monoisotopic (exact) mass is 423 g/mol. The highest BCUT2D eigenvalue weighted by Gasteiger charge is 2.36. The Kier molecular flexibility index (Phi) is 5.72. The van der Waals surface area contributed by atoms with E-state index in [0.29, 0.717) is 6.04 Å². The van der Waals surface area contributed by atoms with E-state index in [9.17, 15) is 4.79 Å². The topological polar surface area (TPSA) is 90.1 Å². The fourth-order valence-electron chi connectivity index (χ4n) is 5.36. The number of quaternary nitrogens is 1. The summed E-state index contributed by atoms with van der Waals surface area (Å²) in [5.41, 5.74) is 1.50. The molecule has 1 atom stereocenters. The summed E-state index contributed by atoms with van der Waals surface area (Å²) >= 11 is 0. The first-order valence-corrected chi connectivity index (χ1v) is 11.6. The third kappa shape index (κ3) is 3.96. The first kappa shape index (κ1) is 20.2. The van der Waals surface area contributed by atoms with E-state index in [1.165, 1.54) is 30.6 Å². The number of aromatic amines is 1. The Morgan fingerprint density at radius 1 is 1.10 bits per heavy atom. The molecule has 1 saturated heterocycles. The van der Waals surface area contributed by atoms with Gasteiger partial charge in [0.25, 0.3) is 5.56 Å². The molecule has 2 fully saturated rings. The summed E-state index contributed by atoms with van der Waals surface area (Å²) in [5.74, 6) is 1.61. The molecule has 31 heavy (non-hydrogen) atoms. The first-order valence-electron chi connectivity index (χ1n) is 11.6. The number of pyridine rings is 1. The van der Waals surface area contributed by atoms with Crippen LogP contribution >= 0.6 is 0 Å². The van der Waals surface area contributed by atoms with E-state index < -0.39 is 0 Å². The third-order valence-electron chi connectivity index (χ3n) is 6.99. The van der Waals surface area contributed by atoms with Crippen molar-refractivity contribution in [3.05, 3.63) is 46.0 Å². The van der Waals surface area contributed by atoms with Gasteiger partial charge in [0.1, 0.15) is 5.75 Å². The van der Waals surface area contributed by atoms with Crippen molar-refractivity contribution in [3.8, 4) is 5.75 Å².